The van der Waals surface area contributed by atoms with Gasteiger partial charge in [0.05, 0.1) is 0 Å². The summed E-state index contributed by atoms with van der Waals surface area (Å²) < 4.78 is 2.00. The predicted octanol–water partition coefficient (Wildman–Crippen LogP) is 2.47. The normalized spacial score (nSPS) is 8.54. The Balaban J connectivity index is 0.000000451. The Kier molecular flexibility index (Phi) is 6.18. The summed E-state index contributed by atoms with van der Waals surface area (Å²) in [5.41, 5.74) is 2.01. The van der Waals surface area contributed by atoms with Crippen LogP contribution in [0, 0.1) is 13.1 Å². The molecule has 0 saturated carbocycles. The first kappa shape index (κ1) is 12.8. The maximum absolute atomic E-state index is 4.06. The van der Waals surface area contributed by atoms with Gasteiger partial charge < -0.3 is 9.38 Å². The molecule has 2 aromatic heterocycles. The summed E-state index contributed by atoms with van der Waals surface area (Å²) in [5, 5.41) is 0. The zero-order valence-corrected chi connectivity index (χ0v) is 11.1. The molecule has 0 atom stereocenters. The van der Waals surface area contributed by atoms with E-state index in [1.54, 1.807) is 0 Å². The summed E-state index contributed by atoms with van der Waals surface area (Å²) in [4.78, 5) is 4.06. The zero-order chi connectivity index (χ0) is 8.97. The van der Waals surface area contributed by atoms with Crippen LogP contribution in [0.5, 0.6) is 0 Å². The Bertz CT molecular complexity index is 354. The van der Waals surface area contributed by atoms with Gasteiger partial charge in [0.2, 0.25) is 0 Å². The minimum absolute atomic E-state index is 0. The minimum Gasteiger partial charge on any atom is -0.435 e. The molecule has 0 amide bonds. The fourth-order valence-corrected chi connectivity index (χ4v) is 1.00. The van der Waals surface area contributed by atoms with Crippen molar-refractivity contribution >= 4 is 5.65 Å². The Morgan fingerprint density at radius 3 is 2.62 bits per heavy atom. The van der Waals surface area contributed by atoms with Crippen LogP contribution in [0.1, 0.15) is 19.5 Å². The Morgan fingerprint density at radius 1 is 1.31 bits per heavy atom. The second-order valence-corrected chi connectivity index (χ2v) is 2.24. The summed E-state index contributed by atoms with van der Waals surface area (Å²) in [7, 11) is 0. The van der Waals surface area contributed by atoms with E-state index in [4.69, 9.17) is 0 Å². The van der Waals surface area contributed by atoms with Crippen LogP contribution in [0.25, 0.3) is 5.65 Å². The van der Waals surface area contributed by atoms with Crippen molar-refractivity contribution in [2.24, 2.45) is 0 Å². The van der Waals surface area contributed by atoms with Crippen LogP contribution in [-0.2, 0) is 32.7 Å². The molecule has 0 unspecified atom stereocenters. The molecule has 3 heteroatoms. The van der Waals surface area contributed by atoms with Gasteiger partial charge in [0.1, 0.15) is 0 Å². The number of pyridine rings is 1. The van der Waals surface area contributed by atoms with Crippen LogP contribution in [0.3, 0.4) is 0 Å². The van der Waals surface area contributed by atoms with Crippen molar-refractivity contribution in [2.75, 3.05) is 0 Å². The summed E-state index contributed by atoms with van der Waals surface area (Å²) in [6.07, 6.45) is 4.87. The summed E-state index contributed by atoms with van der Waals surface area (Å²) in [6.45, 7) is 5.99. The van der Waals surface area contributed by atoms with E-state index in [1.165, 1.54) is 0 Å². The molecule has 2 nitrogen and oxygen atoms in total. The molecule has 2 heterocycles. The quantitative estimate of drug-likeness (QED) is 0.656. The van der Waals surface area contributed by atoms with E-state index < -0.39 is 0 Å². The molecule has 1 radical (unpaired) electrons. The van der Waals surface area contributed by atoms with Crippen molar-refractivity contribution in [2.45, 2.75) is 20.8 Å². The first-order chi connectivity index (χ1) is 5.88. The average Bonchev–Trinajstić information content (AvgIpc) is 2.53. The van der Waals surface area contributed by atoms with Crippen LogP contribution >= 0.6 is 0 Å². The molecular weight excluding hydrogens is 237 g/mol. The number of hydrogen-bond acceptors (Lipinski definition) is 1. The molecule has 0 saturated heterocycles. The molecule has 0 aromatic carbocycles. The third-order valence-electron chi connectivity index (χ3n) is 1.53. The van der Waals surface area contributed by atoms with Gasteiger partial charge in [0, 0.05) is 32.7 Å². The van der Waals surface area contributed by atoms with E-state index in [2.05, 4.69) is 11.2 Å². The SMILES string of the molecule is CC.Cc1[c-]nc2ccccn12.[Y]. The number of aryl methyl sites for hydroxylation is 1. The number of rotatable bonds is 0. The number of aromatic nitrogens is 2. The van der Waals surface area contributed by atoms with Gasteiger partial charge in [-0.05, 0) is 24.8 Å². The minimum atomic E-state index is 0. The van der Waals surface area contributed by atoms with E-state index in [9.17, 15) is 0 Å². The van der Waals surface area contributed by atoms with E-state index in [0.29, 0.717) is 0 Å². The van der Waals surface area contributed by atoms with Crippen molar-refractivity contribution in [1.29, 1.82) is 0 Å². The largest absolute Gasteiger partial charge is 0.435 e. The van der Waals surface area contributed by atoms with E-state index in [1.807, 2.05) is 49.6 Å². The van der Waals surface area contributed by atoms with Gasteiger partial charge in [0.15, 0.2) is 0 Å². The van der Waals surface area contributed by atoms with Gasteiger partial charge >= 0.3 is 0 Å². The van der Waals surface area contributed by atoms with Crippen LogP contribution in [0.2, 0.25) is 0 Å². The third-order valence-corrected chi connectivity index (χ3v) is 1.53. The first-order valence-electron chi connectivity index (χ1n) is 4.19. The van der Waals surface area contributed by atoms with Gasteiger partial charge in [-0.15, -0.1) is 12.3 Å². The van der Waals surface area contributed by atoms with Crippen LogP contribution in [-0.4, -0.2) is 9.38 Å². The van der Waals surface area contributed by atoms with Gasteiger partial charge in [-0.25, -0.2) is 0 Å². The third kappa shape index (κ3) is 2.89. The topological polar surface area (TPSA) is 17.3 Å². The Labute approximate surface area is 104 Å². The summed E-state index contributed by atoms with van der Waals surface area (Å²) in [5.74, 6) is 0. The molecule has 67 valence electrons. The molecular formula is C10H13N2Y-. The molecule has 0 aliphatic rings. The van der Waals surface area contributed by atoms with Crippen LogP contribution in [0.4, 0.5) is 0 Å². The van der Waals surface area contributed by atoms with Crippen molar-refractivity contribution in [3.63, 3.8) is 0 Å². The van der Waals surface area contributed by atoms with Crippen molar-refractivity contribution < 1.29 is 32.7 Å². The van der Waals surface area contributed by atoms with E-state index in [0.717, 1.165) is 11.3 Å². The maximum atomic E-state index is 4.06. The number of hydrogen-bond donors (Lipinski definition) is 0. The monoisotopic (exact) mass is 250 g/mol. The Hall–Kier alpha value is -0.206. The van der Waals surface area contributed by atoms with Crippen molar-refractivity contribution in [1.82, 2.24) is 9.38 Å². The van der Waals surface area contributed by atoms with Crippen molar-refractivity contribution in [3.8, 4) is 0 Å². The smallest absolute Gasteiger partial charge is 0 e. The fraction of sp³-hybridized carbons (Fsp3) is 0.300. The second-order valence-electron chi connectivity index (χ2n) is 2.24. The second kappa shape index (κ2) is 6.28. The number of fused-ring (bicyclic) bond motifs is 1. The van der Waals surface area contributed by atoms with Gasteiger partial charge in [-0.2, -0.15) is 0 Å². The van der Waals surface area contributed by atoms with Crippen LogP contribution < -0.4 is 0 Å². The van der Waals surface area contributed by atoms with Gasteiger partial charge in [0.25, 0.3) is 0 Å². The van der Waals surface area contributed by atoms with E-state index in [-0.39, 0.29) is 32.7 Å². The van der Waals surface area contributed by atoms with Crippen LogP contribution in [0.15, 0.2) is 24.4 Å². The molecule has 2 rings (SSSR count). The molecule has 0 bridgehead atoms. The molecule has 0 spiro atoms. The molecule has 0 N–H and O–H groups in total. The standard InChI is InChI=1S/C8H7N2.C2H6.Y/c1-7-6-9-8-4-2-3-5-10(7)8;1-2;/h2-5H,1H3;1-2H3;/q-1;;. The Morgan fingerprint density at radius 2 is 2.00 bits per heavy atom. The molecule has 13 heavy (non-hydrogen) atoms. The predicted molar refractivity (Wildman–Crippen MR) is 50.1 cm³/mol. The fourth-order valence-electron chi connectivity index (χ4n) is 1.00. The molecule has 0 aliphatic carbocycles. The zero-order valence-electron chi connectivity index (χ0n) is 8.28. The van der Waals surface area contributed by atoms with E-state index >= 15 is 0 Å². The van der Waals surface area contributed by atoms with Gasteiger partial charge in [-0.1, -0.05) is 25.6 Å². The molecule has 0 fully saturated rings. The maximum Gasteiger partial charge on any atom is 0 e. The van der Waals surface area contributed by atoms with Crippen molar-refractivity contribution in [3.05, 3.63) is 36.3 Å². The molecule has 2 aromatic rings. The average molecular weight is 250 g/mol. The summed E-state index contributed by atoms with van der Waals surface area (Å²) in [6, 6.07) is 5.91. The number of nitrogens with zero attached hydrogens (tertiary/aromatic N) is 2. The first-order valence-corrected chi connectivity index (χ1v) is 4.19. The number of imidazole rings is 1. The van der Waals surface area contributed by atoms with Gasteiger partial charge in [-0.3, -0.25) is 0 Å². The summed E-state index contributed by atoms with van der Waals surface area (Å²) >= 11 is 0. The molecule has 0 aliphatic heterocycles.